The van der Waals surface area contributed by atoms with Crippen molar-refractivity contribution in [3.05, 3.63) is 34.1 Å². The van der Waals surface area contributed by atoms with Crippen molar-refractivity contribution >= 4 is 28.3 Å². The SMILES string of the molecule is Cl.FCC[C@@H](c1cc(F)cc(Br)c1)N1CCNCC1. The zero-order valence-electron chi connectivity index (χ0n) is 10.5. The number of hydrogen-bond acceptors (Lipinski definition) is 2. The number of piperazine rings is 1. The number of rotatable bonds is 4. The summed E-state index contributed by atoms with van der Waals surface area (Å²) in [5, 5.41) is 3.27. The molecule has 0 radical (unpaired) electrons. The van der Waals surface area contributed by atoms with E-state index >= 15 is 0 Å². The summed E-state index contributed by atoms with van der Waals surface area (Å²) >= 11 is 3.29. The lowest BCUT2D eigenvalue weighted by atomic mass is 10.0. The van der Waals surface area contributed by atoms with Gasteiger partial charge in [-0.25, -0.2) is 4.39 Å². The molecule has 1 aliphatic rings. The van der Waals surface area contributed by atoms with E-state index in [2.05, 4.69) is 26.1 Å². The normalized spacial score (nSPS) is 17.8. The molecule has 1 saturated heterocycles. The highest BCUT2D eigenvalue weighted by atomic mass is 79.9. The first kappa shape index (κ1) is 16.8. The topological polar surface area (TPSA) is 15.3 Å². The Balaban J connectivity index is 0.00000180. The van der Waals surface area contributed by atoms with Crippen LogP contribution in [-0.2, 0) is 0 Å². The summed E-state index contributed by atoms with van der Waals surface area (Å²) in [5.74, 6) is -0.279. The monoisotopic (exact) mass is 354 g/mol. The number of hydrogen-bond donors (Lipinski definition) is 1. The second-order valence-electron chi connectivity index (χ2n) is 4.48. The molecule has 1 aromatic carbocycles. The van der Waals surface area contributed by atoms with Gasteiger partial charge in [-0.3, -0.25) is 9.29 Å². The zero-order valence-corrected chi connectivity index (χ0v) is 12.9. The molecule has 0 amide bonds. The standard InChI is InChI=1S/C13H17BrF2N2.ClH/c14-11-7-10(8-12(16)9-11)13(1-2-15)18-5-3-17-4-6-18;/h7-9,13,17H,1-6H2;1H/t13-;/m0./s1. The molecule has 0 aliphatic carbocycles. The molecule has 1 aliphatic heterocycles. The van der Waals surface area contributed by atoms with Gasteiger partial charge in [-0.2, -0.15) is 0 Å². The van der Waals surface area contributed by atoms with Crippen LogP contribution in [0.1, 0.15) is 18.0 Å². The summed E-state index contributed by atoms with van der Waals surface area (Å²) in [4.78, 5) is 2.22. The average molecular weight is 356 g/mol. The van der Waals surface area contributed by atoms with Crippen molar-refractivity contribution in [2.24, 2.45) is 0 Å². The Hall–Kier alpha value is -0.230. The Morgan fingerprint density at radius 1 is 1.26 bits per heavy atom. The van der Waals surface area contributed by atoms with Gasteiger partial charge in [0.15, 0.2) is 0 Å². The predicted octanol–water partition coefficient (Wildman–Crippen LogP) is 3.32. The van der Waals surface area contributed by atoms with Crippen LogP contribution in [0.3, 0.4) is 0 Å². The molecule has 0 unspecified atom stereocenters. The summed E-state index contributed by atoms with van der Waals surface area (Å²) in [7, 11) is 0. The van der Waals surface area contributed by atoms with Gasteiger partial charge < -0.3 is 5.32 Å². The summed E-state index contributed by atoms with van der Waals surface area (Å²) in [6, 6.07) is 4.77. The molecule has 6 heteroatoms. The van der Waals surface area contributed by atoms with Gasteiger partial charge in [-0.05, 0) is 30.2 Å². The highest BCUT2D eigenvalue weighted by molar-refractivity contribution is 9.10. The van der Waals surface area contributed by atoms with Gasteiger partial charge >= 0.3 is 0 Å². The first-order valence-corrected chi connectivity index (χ1v) is 6.96. The minimum absolute atomic E-state index is 0. The Kier molecular flexibility index (Phi) is 7.21. The molecule has 0 bridgehead atoms. The van der Waals surface area contributed by atoms with Crippen LogP contribution in [0.5, 0.6) is 0 Å². The fraction of sp³-hybridized carbons (Fsp3) is 0.538. The van der Waals surface area contributed by atoms with Gasteiger partial charge in [0, 0.05) is 36.7 Å². The molecule has 1 fully saturated rings. The van der Waals surface area contributed by atoms with Crippen LogP contribution < -0.4 is 5.32 Å². The van der Waals surface area contributed by atoms with Crippen molar-refractivity contribution in [2.45, 2.75) is 12.5 Å². The lowest BCUT2D eigenvalue weighted by Crippen LogP contribution is -2.45. The Bertz CT molecular complexity index is 380. The third kappa shape index (κ3) is 4.67. The zero-order chi connectivity index (χ0) is 13.0. The molecule has 1 atom stereocenters. The van der Waals surface area contributed by atoms with Crippen molar-refractivity contribution in [2.75, 3.05) is 32.9 Å². The van der Waals surface area contributed by atoms with Crippen LogP contribution in [0.15, 0.2) is 22.7 Å². The van der Waals surface area contributed by atoms with Crippen LogP contribution in [0.2, 0.25) is 0 Å². The molecule has 0 spiro atoms. The van der Waals surface area contributed by atoms with Crippen molar-refractivity contribution in [1.29, 1.82) is 0 Å². The van der Waals surface area contributed by atoms with Crippen LogP contribution in [-0.4, -0.2) is 37.8 Å². The van der Waals surface area contributed by atoms with E-state index in [0.29, 0.717) is 10.9 Å². The van der Waals surface area contributed by atoms with Gasteiger partial charge in [-0.1, -0.05) is 15.9 Å². The Morgan fingerprint density at radius 3 is 2.53 bits per heavy atom. The maximum absolute atomic E-state index is 13.4. The Morgan fingerprint density at radius 2 is 1.95 bits per heavy atom. The van der Waals surface area contributed by atoms with Gasteiger partial charge in [0.2, 0.25) is 0 Å². The molecule has 1 heterocycles. The minimum Gasteiger partial charge on any atom is -0.314 e. The van der Waals surface area contributed by atoms with Crippen molar-refractivity contribution in [3.8, 4) is 0 Å². The van der Waals surface area contributed by atoms with Crippen LogP contribution >= 0.6 is 28.3 Å². The molecular weight excluding hydrogens is 338 g/mol. The first-order valence-electron chi connectivity index (χ1n) is 6.17. The first-order chi connectivity index (χ1) is 8.70. The van der Waals surface area contributed by atoms with Gasteiger partial charge in [0.1, 0.15) is 5.82 Å². The number of alkyl halides is 1. The third-order valence-electron chi connectivity index (χ3n) is 3.24. The van der Waals surface area contributed by atoms with Gasteiger partial charge in [0.25, 0.3) is 0 Å². The second kappa shape index (κ2) is 8.15. The molecule has 2 rings (SSSR count). The number of benzene rings is 1. The summed E-state index contributed by atoms with van der Waals surface area (Å²) in [5.41, 5.74) is 0.849. The lowest BCUT2D eigenvalue weighted by Gasteiger charge is -2.35. The van der Waals surface area contributed by atoms with Crippen molar-refractivity contribution in [3.63, 3.8) is 0 Å². The van der Waals surface area contributed by atoms with E-state index in [0.717, 1.165) is 31.7 Å². The number of halogens is 4. The van der Waals surface area contributed by atoms with Gasteiger partial charge in [0.05, 0.1) is 6.67 Å². The predicted molar refractivity (Wildman–Crippen MR) is 79.1 cm³/mol. The maximum Gasteiger partial charge on any atom is 0.124 e. The fourth-order valence-corrected chi connectivity index (χ4v) is 2.91. The summed E-state index contributed by atoms with van der Waals surface area (Å²) < 4.78 is 26.9. The maximum atomic E-state index is 13.4. The molecule has 19 heavy (non-hydrogen) atoms. The van der Waals surface area contributed by atoms with Crippen LogP contribution in [0.4, 0.5) is 8.78 Å². The lowest BCUT2D eigenvalue weighted by molar-refractivity contribution is 0.157. The Labute approximate surface area is 127 Å². The minimum atomic E-state index is -0.386. The van der Waals surface area contributed by atoms with Crippen molar-refractivity contribution < 1.29 is 8.78 Å². The van der Waals surface area contributed by atoms with Crippen LogP contribution in [0.25, 0.3) is 0 Å². The molecule has 108 valence electrons. The quantitative estimate of drug-likeness (QED) is 0.891. The van der Waals surface area contributed by atoms with E-state index in [1.165, 1.54) is 12.1 Å². The van der Waals surface area contributed by atoms with Crippen LogP contribution in [0, 0.1) is 5.82 Å². The summed E-state index contributed by atoms with van der Waals surface area (Å²) in [6.07, 6.45) is 0.413. The van der Waals surface area contributed by atoms with E-state index in [9.17, 15) is 8.78 Å². The molecule has 2 nitrogen and oxygen atoms in total. The fourth-order valence-electron chi connectivity index (χ4n) is 2.42. The average Bonchev–Trinajstić information content (AvgIpc) is 2.36. The molecule has 1 aromatic rings. The number of nitrogens with one attached hydrogen (secondary N) is 1. The van der Waals surface area contributed by atoms with E-state index < -0.39 is 0 Å². The second-order valence-corrected chi connectivity index (χ2v) is 5.40. The highest BCUT2D eigenvalue weighted by Gasteiger charge is 2.22. The smallest absolute Gasteiger partial charge is 0.124 e. The highest BCUT2D eigenvalue weighted by Crippen LogP contribution is 2.28. The van der Waals surface area contributed by atoms with Crippen molar-refractivity contribution in [1.82, 2.24) is 10.2 Å². The summed E-state index contributed by atoms with van der Waals surface area (Å²) in [6.45, 7) is 3.17. The molecule has 1 N–H and O–H groups in total. The third-order valence-corrected chi connectivity index (χ3v) is 3.70. The van der Waals surface area contributed by atoms with Gasteiger partial charge in [-0.15, -0.1) is 12.4 Å². The molecule has 0 saturated carbocycles. The van der Waals surface area contributed by atoms with E-state index in [-0.39, 0.29) is 30.9 Å². The van der Waals surface area contributed by atoms with E-state index in [1.54, 1.807) is 0 Å². The van der Waals surface area contributed by atoms with E-state index in [4.69, 9.17) is 0 Å². The van der Waals surface area contributed by atoms with E-state index in [1.807, 2.05) is 6.07 Å². The molecule has 0 aromatic heterocycles. The number of nitrogens with zero attached hydrogens (tertiary/aromatic N) is 1. The largest absolute Gasteiger partial charge is 0.314 e. The molecular formula is C13H18BrClF2N2.